The number of aliphatic imine (C=N–C) groups is 1. The van der Waals surface area contributed by atoms with Crippen molar-refractivity contribution in [2.24, 2.45) is 4.99 Å². The highest BCUT2D eigenvalue weighted by Crippen LogP contribution is 2.35. The summed E-state index contributed by atoms with van der Waals surface area (Å²) in [7, 11) is 1.67. The first-order valence-electron chi connectivity index (χ1n) is 9.83. The highest BCUT2D eigenvalue weighted by atomic mass is 16.5. The molecule has 0 spiro atoms. The van der Waals surface area contributed by atoms with Crippen molar-refractivity contribution >= 4 is 17.6 Å². The number of hydrogen-bond acceptors (Lipinski definition) is 4. The summed E-state index contributed by atoms with van der Waals surface area (Å²) >= 11 is 0. The third kappa shape index (κ3) is 5.63. The van der Waals surface area contributed by atoms with Gasteiger partial charge in [0.1, 0.15) is 17.6 Å². The van der Waals surface area contributed by atoms with Gasteiger partial charge in [-0.2, -0.15) is 0 Å². The Kier molecular flexibility index (Phi) is 6.94. The van der Waals surface area contributed by atoms with E-state index in [0.717, 1.165) is 29.2 Å². The molecule has 0 fully saturated rings. The van der Waals surface area contributed by atoms with Crippen molar-refractivity contribution in [1.29, 1.82) is 0 Å². The average molecular weight is 396 g/mol. The number of benzene rings is 2. The zero-order valence-electron chi connectivity index (χ0n) is 17.1. The summed E-state index contributed by atoms with van der Waals surface area (Å²) in [5.74, 6) is 2.14. The fourth-order valence-corrected chi connectivity index (χ4v) is 3.20. The molecule has 1 aliphatic heterocycles. The van der Waals surface area contributed by atoms with Crippen molar-refractivity contribution in [3.8, 4) is 11.5 Å². The van der Waals surface area contributed by atoms with Crippen LogP contribution < -0.4 is 25.4 Å². The largest absolute Gasteiger partial charge is 0.494 e. The fraction of sp³-hybridized carbons (Fsp3) is 0.364. The normalized spacial score (nSPS) is 15.3. The van der Waals surface area contributed by atoms with E-state index in [1.807, 2.05) is 43.3 Å². The van der Waals surface area contributed by atoms with E-state index in [2.05, 4.69) is 33.9 Å². The molecule has 0 saturated heterocycles. The van der Waals surface area contributed by atoms with E-state index in [1.54, 1.807) is 7.05 Å². The second-order valence-electron chi connectivity index (χ2n) is 6.83. The van der Waals surface area contributed by atoms with Crippen LogP contribution in [-0.2, 0) is 17.8 Å². The van der Waals surface area contributed by atoms with Crippen LogP contribution in [0.4, 0.5) is 5.69 Å². The van der Waals surface area contributed by atoms with Gasteiger partial charge in [-0.05, 0) is 38.1 Å². The molecule has 0 bridgehead atoms. The van der Waals surface area contributed by atoms with Gasteiger partial charge in [-0.25, -0.2) is 0 Å². The van der Waals surface area contributed by atoms with Gasteiger partial charge in [0.2, 0.25) is 5.91 Å². The molecule has 29 heavy (non-hydrogen) atoms. The lowest BCUT2D eigenvalue weighted by atomic mass is 10.1. The van der Waals surface area contributed by atoms with Crippen molar-refractivity contribution in [2.45, 2.75) is 32.9 Å². The van der Waals surface area contributed by atoms with E-state index < -0.39 is 0 Å². The number of ether oxygens (including phenoxy) is 2. The third-order valence-corrected chi connectivity index (χ3v) is 4.52. The van der Waals surface area contributed by atoms with Gasteiger partial charge in [-0.3, -0.25) is 9.79 Å². The van der Waals surface area contributed by atoms with Crippen LogP contribution >= 0.6 is 0 Å². The van der Waals surface area contributed by atoms with Crippen molar-refractivity contribution < 1.29 is 14.3 Å². The quantitative estimate of drug-likeness (QED) is 0.495. The summed E-state index contributed by atoms with van der Waals surface area (Å²) in [6, 6.07) is 13.4. The molecule has 1 heterocycles. The molecule has 1 aliphatic rings. The van der Waals surface area contributed by atoms with Crippen LogP contribution in [0.5, 0.6) is 11.5 Å². The van der Waals surface area contributed by atoms with Gasteiger partial charge in [-0.1, -0.05) is 18.2 Å². The van der Waals surface area contributed by atoms with Crippen LogP contribution in [0.3, 0.4) is 0 Å². The first-order valence-corrected chi connectivity index (χ1v) is 9.83. The minimum atomic E-state index is -0.144. The number of guanidine groups is 1. The van der Waals surface area contributed by atoms with E-state index in [0.29, 0.717) is 19.1 Å². The van der Waals surface area contributed by atoms with Gasteiger partial charge in [-0.15, -0.1) is 0 Å². The number of para-hydroxylation sites is 1. The van der Waals surface area contributed by atoms with Crippen molar-refractivity contribution in [2.75, 3.05) is 25.5 Å². The molecule has 3 N–H and O–H groups in total. The second-order valence-corrected chi connectivity index (χ2v) is 6.83. The number of nitrogens with one attached hydrogen (secondary N) is 3. The van der Waals surface area contributed by atoms with Crippen LogP contribution in [0.25, 0.3) is 0 Å². The molecule has 1 amide bonds. The van der Waals surface area contributed by atoms with Gasteiger partial charge in [0.25, 0.3) is 0 Å². The first-order chi connectivity index (χ1) is 14.1. The summed E-state index contributed by atoms with van der Waals surface area (Å²) in [6.07, 6.45) is 1.07. The molecular formula is C22H28N4O3. The van der Waals surface area contributed by atoms with E-state index in [1.165, 1.54) is 5.56 Å². The number of amides is 1. The topological polar surface area (TPSA) is 84.0 Å². The smallest absolute Gasteiger partial charge is 0.243 e. The van der Waals surface area contributed by atoms with E-state index in [4.69, 9.17) is 9.47 Å². The lowest BCUT2D eigenvalue weighted by molar-refractivity contribution is -0.115. The number of carbonyl (C=O) groups excluding carboxylic acids is 1. The summed E-state index contributed by atoms with van der Waals surface area (Å²) < 4.78 is 11.7. The van der Waals surface area contributed by atoms with E-state index in [-0.39, 0.29) is 18.6 Å². The minimum Gasteiger partial charge on any atom is -0.494 e. The SMILES string of the molecule is CCOc1cc2c(cc1CNC(=NC)NCC(=O)Nc1ccccc1)OC(C)C2. The van der Waals surface area contributed by atoms with Crippen molar-refractivity contribution in [1.82, 2.24) is 10.6 Å². The standard InChI is InChI=1S/C22H28N4O3/c1-4-28-19-11-16-10-15(2)29-20(16)12-17(19)13-24-22(23-3)25-14-21(27)26-18-8-6-5-7-9-18/h5-9,11-12,15H,4,10,13-14H2,1-3H3,(H,26,27)(H2,23,24,25). The Morgan fingerprint density at radius 2 is 2.03 bits per heavy atom. The Morgan fingerprint density at radius 1 is 1.24 bits per heavy atom. The zero-order valence-corrected chi connectivity index (χ0v) is 17.1. The Labute approximate surface area is 171 Å². The maximum Gasteiger partial charge on any atom is 0.243 e. The van der Waals surface area contributed by atoms with Crippen LogP contribution in [0, 0.1) is 0 Å². The van der Waals surface area contributed by atoms with Crippen LogP contribution in [0.1, 0.15) is 25.0 Å². The maximum absolute atomic E-state index is 12.1. The van der Waals surface area contributed by atoms with Crippen LogP contribution in [-0.4, -0.2) is 38.2 Å². The molecular weight excluding hydrogens is 368 g/mol. The van der Waals surface area contributed by atoms with E-state index in [9.17, 15) is 4.79 Å². The van der Waals surface area contributed by atoms with Gasteiger partial charge in [0, 0.05) is 36.8 Å². The van der Waals surface area contributed by atoms with Gasteiger partial charge < -0.3 is 25.4 Å². The van der Waals surface area contributed by atoms with Gasteiger partial charge in [0.15, 0.2) is 5.96 Å². The lowest BCUT2D eigenvalue weighted by Gasteiger charge is -2.15. The molecule has 3 rings (SSSR count). The predicted molar refractivity (Wildman–Crippen MR) is 115 cm³/mol. The van der Waals surface area contributed by atoms with Crippen molar-refractivity contribution in [3.63, 3.8) is 0 Å². The Morgan fingerprint density at radius 3 is 2.76 bits per heavy atom. The molecule has 0 saturated carbocycles. The summed E-state index contributed by atoms with van der Waals surface area (Å²) in [5, 5.41) is 9.09. The third-order valence-electron chi connectivity index (χ3n) is 4.52. The number of nitrogens with zero attached hydrogens (tertiary/aromatic N) is 1. The predicted octanol–water partition coefficient (Wildman–Crippen LogP) is 2.71. The van der Waals surface area contributed by atoms with Crippen LogP contribution in [0.2, 0.25) is 0 Å². The van der Waals surface area contributed by atoms with Crippen molar-refractivity contribution in [3.05, 3.63) is 53.6 Å². The number of carbonyl (C=O) groups is 1. The lowest BCUT2D eigenvalue weighted by Crippen LogP contribution is -2.41. The minimum absolute atomic E-state index is 0.109. The average Bonchev–Trinajstić information content (AvgIpc) is 3.08. The molecule has 1 unspecified atom stereocenters. The molecule has 0 aliphatic carbocycles. The fourth-order valence-electron chi connectivity index (χ4n) is 3.20. The van der Waals surface area contributed by atoms with Gasteiger partial charge >= 0.3 is 0 Å². The Balaban J connectivity index is 1.56. The number of hydrogen-bond donors (Lipinski definition) is 3. The monoisotopic (exact) mass is 396 g/mol. The molecule has 1 atom stereocenters. The molecule has 2 aromatic carbocycles. The molecule has 0 aromatic heterocycles. The van der Waals surface area contributed by atoms with Gasteiger partial charge in [0.05, 0.1) is 13.2 Å². The molecule has 2 aromatic rings. The number of rotatable bonds is 7. The first kappa shape index (κ1) is 20.5. The summed E-state index contributed by atoms with van der Waals surface area (Å²) in [4.78, 5) is 16.3. The molecule has 7 heteroatoms. The number of anilines is 1. The van der Waals surface area contributed by atoms with Crippen LogP contribution in [0.15, 0.2) is 47.5 Å². The Bertz CT molecular complexity index is 868. The maximum atomic E-state index is 12.1. The number of fused-ring (bicyclic) bond motifs is 1. The highest BCUT2D eigenvalue weighted by molar-refractivity contribution is 5.94. The second kappa shape index (κ2) is 9.82. The summed E-state index contributed by atoms with van der Waals surface area (Å²) in [5.41, 5.74) is 2.91. The van der Waals surface area contributed by atoms with E-state index >= 15 is 0 Å². The highest BCUT2D eigenvalue weighted by Gasteiger charge is 2.22. The molecule has 154 valence electrons. The summed E-state index contributed by atoms with van der Waals surface area (Å²) in [6.45, 7) is 5.23. The Hall–Kier alpha value is -3.22. The molecule has 7 nitrogen and oxygen atoms in total. The zero-order chi connectivity index (χ0) is 20.6. The molecule has 0 radical (unpaired) electrons.